The zero-order chi connectivity index (χ0) is 33.8. The molecular weight excluding hydrogens is 646 g/mol. The molecule has 0 aliphatic carbocycles. The molecule has 1 fully saturated rings. The summed E-state index contributed by atoms with van der Waals surface area (Å²) in [5, 5.41) is 2.90. The molecule has 2 aliphatic heterocycles. The highest BCUT2D eigenvalue weighted by Gasteiger charge is 2.31. The number of nitrogens with zero attached hydrogens (tertiary/aromatic N) is 4. The van der Waals surface area contributed by atoms with Crippen molar-refractivity contribution in [1.82, 2.24) is 19.7 Å². The Morgan fingerprint density at radius 2 is 1.43 bits per heavy atom. The summed E-state index contributed by atoms with van der Waals surface area (Å²) in [6.45, 7) is 9.30. The van der Waals surface area contributed by atoms with Crippen LogP contribution in [0.4, 0.5) is 13.2 Å². The van der Waals surface area contributed by atoms with E-state index in [1.807, 2.05) is 23.6 Å². The Morgan fingerprint density at radius 3 is 2.10 bits per heavy atom. The van der Waals surface area contributed by atoms with Gasteiger partial charge in [-0.25, -0.2) is 4.98 Å². The highest BCUT2D eigenvalue weighted by atomic mass is 32.1. The summed E-state index contributed by atoms with van der Waals surface area (Å²) < 4.78 is 51.6. The van der Waals surface area contributed by atoms with E-state index in [9.17, 15) is 13.2 Å². The summed E-state index contributed by atoms with van der Waals surface area (Å²) in [5.74, 6) is 1.36. The van der Waals surface area contributed by atoms with Crippen LogP contribution in [0.2, 0.25) is 0 Å². The van der Waals surface area contributed by atoms with Crippen molar-refractivity contribution in [3.8, 4) is 11.5 Å². The minimum atomic E-state index is -4.40. The fourth-order valence-corrected chi connectivity index (χ4v) is 7.42. The molecule has 1 aromatic heterocycles. The van der Waals surface area contributed by atoms with Gasteiger partial charge < -0.3 is 14.4 Å². The molecular formula is C39H37F3N4O2S. The van der Waals surface area contributed by atoms with Crippen molar-refractivity contribution in [1.29, 1.82) is 0 Å². The number of halogens is 3. The first-order valence-corrected chi connectivity index (χ1v) is 17.2. The van der Waals surface area contributed by atoms with Crippen LogP contribution in [0.1, 0.15) is 44.6 Å². The molecule has 10 heteroatoms. The van der Waals surface area contributed by atoms with Gasteiger partial charge in [0.05, 0.1) is 29.5 Å². The van der Waals surface area contributed by atoms with Crippen LogP contribution in [-0.2, 0) is 25.8 Å². The fourth-order valence-electron chi connectivity index (χ4n) is 6.57. The first-order valence-electron chi connectivity index (χ1n) is 16.3. The third-order valence-electron chi connectivity index (χ3n) is 9.00. The van der Waals surface area contributed by atoms with Crippen molar-refractivity contribution in [3.63, 3.8) is 0 Å². The van der Waals surface area contributed by atoms with E-state index in [0.29, 0.717) is 36.7 Å². The van der Waals surface area contributed by atoms with Crippen LogP contribution in [0, 0.1) is 0 Å². The van der Waals surface area contributed by atoms with E-state index >= 15 is 0 Å². The summed E-state index contributed by atoms with van der Waals surface area (Å²) in [6, 6.07) is 32.7. The number of fused-ring (bicyclic) bond motifs is 1. The zero-order valence-electron chi connectivity index (χ0n) is 27.0. The molecule has 3 heterocycles. The molecule has 6 nitrogen and oxygen atoms in total. The minimum absolute atomic E-state index is 0.175. The first kappa shape index (κ1) is 32.9. The molecule has 0 bridgehead atoms. The van der Waals surface area contributed by atoms with E-state index in [1.54, 1.807) is 17.4 Å². The number of ether oxygens (including phenoxy) is 2. The SMILES string of the molecule is C=C(c1csc(CN(Cc2cccc(C(F)(F)F)c2)Cc2ccc3c(c2)OCO3)n1)N1CCN(C(c2ccccc2)c2ccccc2)CC1. The van der Waals surface area contributed by atoms with Crippen LogP contribution in [0.25, 0.3) is 5.70 Å². The molecule has 0 unspecified atom stereocenters. The van der Waals surface area contributed by atoms with Crippen LogP contribution in [-0.4, -0.2) is 52.7 Å². The molecule has 2 aliphatic rings. The smallest absolute Gasteiger partial charge is 0.416 e. The number of benzene rings is 4. The second-order valence-corrected chi connectivity index (χ2v) is 13.3. The first-order chi connectivity index (χ1) is 23.8. The van der Waals surface area contributed by atoms with Crippen molar-refractivity contribution in [2.24, 2.45) is 0 Å². The molecule has 0 N–H and O–H groups in total. The van der Waals surface area contributed by atoms with Gasteiger partial charge in [-0.3, -0.25) is 9.80 Å². The van der Waals surface area contributed by atoms with E-state index in [4.69, 9.17) is 14.5 Å². The quantitative estimate of drug-likeness (QED) is 0.139. The number of hydrogen-bond donors (Lipinski definition) is 0. The molecule has 0 atom stereocenters. The molecule has 7 rings (SSSR count). The van der Waals surface area contributed by atoms with E-state index in [-0.39, 0.29) is 12.8 Å². The maximum atomic E-state index is 13.5. The second kappa shape index (κ2) is 14.5. The van der Waals surface area contributed by atoms with Gasteiger partial charge in [0.1, 0.15) is 5.01 Å². The lowest BCUT2D eigenvalue weighted by atomic mass is 9.96. The summed E-state index contributed by atoms with van der Waals surface area (Å²) >= 11 is 1.54. The third-order valence-corrected chi connectivity index (χ3v) is 9.84. The van der Waals surface area contributed by atoms with Gasteiger partial charge in [0.15, 0.2) is 11.5 Å². The zero-order valence-corrected chi connectivity index (χ0v) is 27.8. The predicted molar refractivity (Wildman–Crippen MR) is 186 cm³/mol. The molecule has 49 heavy (non-hydrogen) atoms. The lowest BCUT2D eigenvalue weighted by Gasteiger charge is -2.41. The summed E-state index contributed by atoms with van der Waals surface area (Å²) in [4.78, 5) is 11.9. The Bertz CT molecular complexity index is 1830. The van der Waals surface area contributed by atoms with E-state index in [1.165, 1.54) is 23.3 Å². The maximum Gasteiger partial charge on any atom is 0.416 e. The molecule has 0 saturated carbocycles. The minimum Gasteiger partial charge on any atom is -0.454 e. The van der Waals surface area contributed by atoms with Crippen molar-refractivity contribution < 1.29 is 22.6 Å². The van der Waals surface area contributed by atoms with Crippen LogP contribution >= 0.6 is 11.3 Å². The Labute approximate surface area is 288 Å². The Kier molecular flexibility index (Phi) is 9.70. The average molecular weight is 683 g/mol. The van der Waals surface area contributed by atoms with E-state index in [0.717, 1.165) is 54.2 Å². The fraction of sp³-hybridized carbons (Fsp3) is 0.256. The van der Waals surface area contributed by atoms with Crippen molar-refractivity contribution in [2.45, 2.75) is 31.9 Å². The van der Waals surface area contributed by atoms with E-state index < -0.39 is 11.7 Å². The standard InChI is InChI=1S/C39H37F3N4O2S/c1-28(45-17-19-46(20-18-45)38(31-10-4-2-5-11-31)32-12-6-3-7-13-32)34-26-49-37(43-34)25-44(23-29-9-8-14-33(21-29)39(40,41)42)24-30-15-16-35-36(22-30)48-27-47-35/h2-16,21-22,26,38H,1,17-20,23-25,27H2. The molecule has 4 aromatic carbocycles. The molecule has 0 radical (unpaired) electrons. The van der Waals surface area contributed by atoms with Gasteiger partial charge in [0.2, 0.25) is 6.79 Å². The number of hydrogen-bond acceptors (Lipinski definition) is 7. The summed E-state index contributed by atoms with van der Waals surface area (Å²) in [6.07, 6.45) is -4.40. The van der Waals surface area contributed by atoms with Gasteiger partial charge >= 0.3 is 6.18 Å². The van der Waals surface area contributed by atoms with Crippen molar-refractivity contribution >= 4 is 17.0 Å². The lowest BCUT2D eigenvalue weighted by Crippen LogP contribution is -2.46. The van der Waals surface area contributed by atoms with Crippen LogP contribution < -0.4 is 9.47 Å². The highest BCUT2D eigenvalue weighted by molar-refractivity contribution is 7.09. The molecule has 252 valence electrons. The van der Waals surface area contributed by atoms with E-state index in [2.05, 4.69) is 81.9 Å². The van der Waals surface area contributed by atoms with Gasteiger partial charge in [-0.2, -0.15) is 13.2 Å². The monoisotopic (exact) mass is 682 g/mol. The van der Waals surface area contributed by atoms with Crippen molar-refractivity contribution in [2.75, 3.05) is 33.0 Å². The molecule has 1 saturated heterocycles. The predicted octanol–water partition coefficient (Wildman–Crippen LogP) is 8.47. The lowest BCUT2D eigenvalue weighted by molar-refractivity contribution is -0.137. The van der Waals surface area contributed by atoms with Gasteiger partial charge in [0, 0.05) is 44.6 Å². The number of alkyl halides is 3. The molecule has 0 spiro atoms. The van der Waals surface area contributed by atoms with Crippen LogP contribution in [0.3, 0.4) is 0 Å². The Balaban J connectivity index is 1.04. The number of piperazine rings is 1. The van der Waals surface area contributed by atoms with Gasteiger partial charge in [-0.1, -0.05) is 91.5 Å². The maximum absolute atomic E-state index is 13.5. The average Bonchev–Trinajstić information content (AvgIpc) is 3.79. The molecule has 5 aromatic rings. The summed E-state index contributed by atoms with van der Waals surface area (Å²) in [5.41, 5.74) is 5.18. The summed E-state index contributed by atoms with van der Waals surface area (Å²) in [7, 11) is 0. The Morgan fingerprint density at radius 1 is 0.776 bits per heavy atom. The number of rotatable bonds is 11. The van der Waals surface area contributed by atoms with Gasteiger partial charge in [-0.15, -0.1) is 11.3 Å². The number of aromatic nitrogens is 1. The van der Waals surface area contributed by atoms with Crippen molar-refractivity contribution in [3.05, 3.63) is 154 Å². The molecule has 0 amide bonds. The second-order valence-electron chi connectivity index (χ2n) is 12.4. The van der Waals surface area contributed by atoms with Crippen LogP contribution in [0.15, 0.2) is 115 Å². The highest BCUT2D eigenvalue weighted by Crippen LogP contribution is 2.35. The largest absolute Gasteiger partial charge is 0.454 e. The Hall–Kier alpha value is -4.64. The van der Waals surface area contributed by atoms with Crippen LogP contribution in [0.5, 0.6) is 11.5 Å². The number of thiazole rings is 1. The normalized spacial score (nSPS) is 14.9. The van der Waals surface area contributed by atoms with Gasteiger partial charge in [0.25, 0.3) is 0 Å². The van der Waals surface area contributed by atoms with Gasteiger partial charge in [-0.05, 0) is 40.5 Å². The topological polar surface area (TPSA) is 41.1 Å². The third kappa shape index (κ3) is 7.83.